The van der Waals surface area contributed by atoms with Gasteiger partial charge in [-0.25, -0.2) is 4.98 Å². The molecule has 0 aliphatic carbocycles. The van der Waals surface area contributed by atoms with Gasteiger partial charge in [0, 0.05) is 6.20 Å². The lowest BCUT2D eigenvalue weighted by Gasteiger charge is -2.12. The van der Waals surface area contributed by atoms with Crippen LogP contribution in [0.2, 0.25) is 0 Å². The Morgan fingerprint density at radius 2 is 2.25 bits per heavy atom. The molecule has 3 heterocycles. The van der Waals surface area contributed by atoms with Gasteiger partial charge in [0.25, 0.3) is 0 Å². The van der Waals surface area contributed by atoms with Crippen LogP contribution in [-0.4, -0.2) is 21.5 Å². The topological polar surface area (TPSA) is 53.6 Å². The third-order valence-corrected chi connectivity index (χ3v) is 3.19. The second-order valence-corrected chi connectivity index (χ2v) is 4.37. The van der Waals surface area contributed by atoms with E-state index in [2.05, 4.69) is 20.3 Å². The Hall–Kier alpha value is -1.42. The maximum absolute atomic E-state index is 4.62. The van der Waals surface area contributed by atoms with Gasteiger partial charge in [-0.05, 0) is 25.5 Å². The van der Waals surface area contributed by atoms with Crippen LogP contribution in [0.25, 0.3) is 11.0 Å². The second-order valence-electron chi connectivity index (χ2n) is 4.37. The van der Waals surface area contributed by atoms with Gasteiger partial charge in [0.2, 0.25) is 0 Å². The lowest BCUT2D eigenvalue weighted by atomic mass is 10.1. The molecule has 1 unspecified atom stereocenters. The maximum atomic E-state index is 4.62. The van der Waals surface area contributed by atoms with Gasteiger partial charge < -0.3 is 10.3 Å². The number of nitrogens with one attached hydrogen (secondary N) is 2. The summed E-state index contributed by atoms with van der Waals surface area (Å²) in [6.45, 7) is 1.10. The second kappa shape index (κ2) is 4.22. The molecule has 3 rings (SSSR count). The van der Waals surface area contributed by atoms with E-state index in [9.17, 15) is 0 Å². The highest BCUT2D eigenvalue weighted by Gasteiger charge is 2.16. The number of H-pyrrole nitrogens is 1. The summed E-state index contributed by atoms with van der Waals surface area (Å²) in [5.74, 6) is 1.06. The van der Waals surface area contributed by atoms with Crippen molar-refractivity contribution in [2.45, 2.75) is 31.7 Å². The fraction of sp³-hybridized carbons (Fsp3) is 0.500. The average Bonchev–Trinajstić information content (AvgIpc) is 2.56. The third kappa shape index (κ3) is 1.80. The Balaban J connectivity index is 1.92. The molecule has 0 bridgehead atoms. The molecule has 1 saturated heterocycles. The van der Waals surface area contributed by atoms with Crippen molar-refractivity contribution in [3.8, 4) is 0 Å². The van der Waals surface area contributed by atoms with Crippen LogP contribution in [0, 0.1) is 0 Å². The number of fused-ring (bicyclic) bond motifs is 1. The number of nitrogens with zero attached hydrogens (tertiary/aromatic N) is 2. The molecule has 84 valence electrons. The molecule has 2 aromatic heterocycles. The summed E-state index contributed by atoms with van der Waals surface area (Å²) < 4.78 is 0. The minimum atomic E-state index is 0.384. The predicted molar refractivity (Wildman–Crippen MR) is 63.1 cm³/mol. The molecule has 0 saturated carbocycles. The maximum Gasteiger partial charge on any atom is 0.124 e. The average molecular weight is 216 g/mol. The van der Waals surface area contributed by atoms with E-state index in [1.165, 1.54) is 25.7 Å². The fourth-order valence-electron chi connectivity index (χ4n) is 2.30. The van der Waals surface area contributed by atoms with Gasteiger partial charge in [0.05, 0.1) is 23.3 Å². The summed E-state index contributed by atoms with van der Waals surface area (Å²) in [5.41, 5.74) is 2.04. The molecule has 1 aliphatic rings. The molecule has 1 fully saturated rings. The summed E-state index contributed by atoms with van der Waals surface area (Å²) >= 11 is 0. The number of hydrogen-bond acceptors (Lipinski definition) is 3. The van der Waals surface area contributed by atoms with Crippen LogP contribution >= 0.6 is 0 Å². The normalized spacial score (nSPS) is 22.1. The highest BCUT2D eigenvalue weighted by molar-refractivity contribution is 5.73. The molecule has 1 atom stereocenters. The van der Waals surface area contributed by atoms with Crippen molar-refractivity contribution in [3.63, 3.8) is 0 Å². The quantitative estimate of drug-likeness (QED) is 0.768. The zero-order valence-electron chi connectivity index (χ0n) is 9.24. The smallest absolute Gasteiger partial charge is 0.124 e. The number of rotatable bonds is 1. The molecular weight excluding hydrogens is 200 g/mol. The van der Waals surface area contributed by atoms with Crippen LogP contribution in [0.15, 0.2) is 18.5 Å². The van der Waals surface area contributed by atoms with E-state index in [0.717, 1.165) is 23.4 Å². The predicted octanol–water partition coefficient (Wildman–Crippen LogP) is 2.16. The molecule has 16 heavy (non-hydrogen) atoms. The molecular formula is C12H16N4. The zero-order valence-corrected chi connectivity index (χ0v) is 9.24. The van der Waals surface area contributed by atoms with Crippen molar-refractivity contribution >= 4 is 11.0 Å². The summed E-state index contributed by atoms with van der Waals surface area (Å²) in [7, 11) is 0. The van der Waals surface area contributed by atoms with Gasteiger partial charge in [-0.1, -0.05) is 12.8 Å². The molecule has 0 amide bonds. The first-order chi connectivity index (χ1) is 7.93. The molecule has 0 radical (unpaired) electrons. The molecule has 4 heteroatoms. The lowest BCUT2D eigenvalue weighted by Crippen LogP contribution is -2.21. The van der Waals surface area contributed by atoms with Crippen LogP contribution in [0.4, 0.5) is 0 Å². The van der Waals surface area contributed by atoms with E-state index in [1.54, 1.807) is 6.20 Å². The summed E-state index contributed by atoms with van der Waals surface area (Å²) in [6.07, 6.45) is 8.68. The van der Waals surface area contributed by atoms with Gasteiger partial charge in [-0.2, -0.15) is 0 Å². The molecule has 0 spiro atoms. The number of aromatic nitrogens is 3. The highest BCUT2D eigenvalue weighted by Crippen LogP contribution is 2.22. The summed E-state index contributed by atoms with van der Waals surface area (Å²) in [6, 6.07) is 2.33. The zero-order chi connectivity index (χ0) is 10.8. The Morgan fingerprint density at radius 1 is 1.25 bits per heavy atom. The summed E-state index contributed by atoms with van der Waals surface area (Å²) in [5, 5.41) is 3.54. The number of pyridine rings is 1. The van der Waals surface area contributed by atoms with E-state index in [1.807, 2.05) is 12.3 Å². The molecule has 1 aliphatic heterocycles. The Bertz CT molecular complexity index is 436. The minimum Gasteiger partial charge on any atom is -0.339 e. The van der Waals surface area contributed by atoms with E-state index in [4.69, 9.17) is 0 Å². The first kappa shape index (κ1) is 9.78. The molecule has 4 nitrogen and oxygen atoms in total. The first-order valence-corrected chi connectivity index (χ1v) is 5.96. The third-order valence-electron chi connectivity index (χ3n) is 3.19. The first-order valence-electron chi connectivity index (χ1n) is 5.96. The van der Waals surface area contributed by atoms with E-state index >= 15 is 0 Å². The number of hydrogen-bond donors (Lipinski definition) is 2. The van der Waals surface area contributed by atoms with Crippen molar-refractivity contribution in [2.75, 3.05) is 6.54 Å². The van der Waals surface area contributed by atoms with Crippen LogP contribution in [0.5, 0.6) is 0 Å². The van der Waals surface area contributed by atoms with Gasteiger partial charge in [-0.15, -0.1) is 0 Å². The molecule has 0 aromatic carbocycles. The lowest BCUT2D eigenvalue weighted by molar-refractivity contribution is 0.513. The van der Waals surface area contributed by atoms with Crippen LogP contribution in [-0.2, 0) is 0 Å². The van der Waals surface area contributed by atoms with E-state index < -0.39 is 0 Å². The van der Waals surface area contributed by atoms with Crippen molar-refractivity contribution in [1.29, 1.82) is 0 Å². The fourth-order valence-corrected chi connectivity index (χ4v) is 2.30. The van der Waals surface area contributed by atoms with Gasteiger partial charge in [0.1, 0.15) is 5.82 Å². The monoisotopic (exact) mass is 216 g/mol. The molecule has 2 N–H and O–H groups in total. The van der Waals surface area contributed by atoms with Crippen LogP contribution < -0.4 is 5.32 Å². The van der Waals surface area contributed by atoms with Crippen molar-refractivity contribution < 1.29 is 0 Å². The standard InChI is InChI=1S/C12H16N4/c1-2-4-10(14-6-3-1)12-15-9-5-7-13-8-11(9)16-12/h5,7-8,10,14H,1-4,6H2,(H,15,16). The van der Waals surface area contributed by atoms with E-state index in [-0.39, 0.29) is 0 Å². The SMILES string of the molecule is c1cc2nc(C3CCCCCN3)[nH]c2cn1. The highest BCUT2D eigenvalue weighted by atomic mass is 15.0. The van der Waals surface area contributed by atoms with Crippen LogP contribution in [0.1, 0.15) is 37.5 Å². The van der Waals surface area contributed by atoms with Gasteiger partial charge in [0.15, 0.2) is 0 Å². The van der Waals surface area contributed by atoms with Gasteiger partial charge in [-0.3, -0.25) is 4.98 Å². The Morgan fingerprint density at radius 3 is 3.19 bits per heavy atom. The van der Waals surface area contributed by atoms with Crippen molar-refractivity contribution in [3.05, 3.63) is 24.3 Å². The van der Waals surface area contributed by atoms with Crippen LogP contribution in [0.3, 0.4) is 0 Å². The van der Waals surface area contributed by atoms with Crippen molar-refractivity contribution in [2.24, 2.45) is 0 Å². The Kier molecular flexibility index (Phi) is 2.58. The largest absolute Gasteiger partial charge is 0.339 e. The van der Waals surface area contributed by atoms with Crippen molar-refractivity contribution in [1.82, 2.24) is 20.3 Å². The number of aromatic amines is 1. The summed E-state index contributed by atoms with van der Waals surface area (Å²) in [4.78, 5) is 12.1. The van der Waals surface area contributed by atoms with Gasteiger partial charge >= 0.3 is 0 Å². The molecule has 2 aromatic rings. The number of imidazole rings is 1. The van der Waals surface area contributed by atoms with E-state index in [0.29, 0.717) is 6.04 Å². The Labute approximate surface area is 94.5 Å². The minimum absolute atomic E-state index is 0.384.